The summed E-state index contributed by atoms with van der Waals surface area (Å²) < 4.78 is 10.7. The molecule has 0 unspecified atom stereocenters. The molecule has 0 amide bonds. The molecule has 0 aliphatic rings. The third-order valence-electron chi connectivity index (χ3n) is 0.982. The Bertz CT molecular complexity index is 210. The predicted octanol–water partition coefficient (Wildman–Crippen LogP) is 0.819. The van der Waals surface area contributed by atoms with Crippen LogP contribution in [0, 0.1) is 0 Å². The summed E-state index contributed by atoms with van der Waals surface area (Å²) in [4.78, 5) is 4.62. The van der Waals surface area contributed by atoms with E-state index in [0.29, 0.717) is 0 Å². The normalized spacial score (nSPS) is 13.0. The molecule has 1 heterocycles. The minimum atomic E-state index is -0.869. The maximum absolute atomic E-state index is 10.7. The van der Waals surface area contributed by atoms with Gasteiger partial charge in [0.1, 0.15) is 0 Å². The van der Waals surface area contributed by atoms with Crippen LogP contribution < -0.4 is 0 Å². The van der Waals surface area contributed by atoms with Gasteiger partial charge in [-0.15, -0.1) is 0 Å². The van der Waals surface area contributed by atoms with Crippen molar-refractivity contribution in [3.63, 3.8) is 0 Å². The second-order valence-corrected chi connectivity index (χ2v) is 3.02. The number of nitrogens with zero attached hydrogens (tertiary/aromatic N) is 1. The lowest BCUT2D eigenvalue weighted by atomic mass is 10.5. The van der Waals surface area contributed by atoms with Gasteiger partial charge < -0.3 is 0 Å². The van der Waals surface area contributed by atoms with E-state index >= 15 is 0 Å². The summed E-state index contributed by atoms with van der Waals surface area (Å²) in [6, 6.07) is 3.49. The fourth-order valence-corrected chi connectivity index (χ4v) is 1.03. The Morgan fingerprint density at radius 2 is 2.00 bits per heavy atom. The molecule has 48 valence electrons. The van der Waals surface area contributed by atoms with Crippen molar-refractivity contribution in [1.82, 2.24) is 4.98 Å². The van der Waals surface area contributed by atoms with Crippen molar-refractivity contribution < 1.29 is 4.21 Å². The number of pyridine rings is 1. The summed E-state index contributed by atoms with van der Waals surface area (Å²) >= 11 is 0. The molecule has 0 radical (unpaired) electrons. The molecule has 1 rings (SSSR count). The summed E-state index contributed by atoms with van der Waals surface area (Å²) in [5.74, 6) is 0. The Kier molecular flexibility index (Phi) is 1.95. The first-order valence-electron chi connectivity index (χ1n) is 2.54. The van der Waals surface area contributed by atoms with E-state index in [1.165, 1.54) is 0 Å². The first-order chi connectivity index (χ1) is 4.30. The lowest BCUT2D eigenvalue weighted by molar-refractivity contribution is 0.686. The minimum absolute atomic E-state index is 0.824. The zero-order valence-corrected chi connectivity index (χ0v) is 5.89. The van der Waals surface area contributed by atoms with Crippen LogP contribution in [0.25, 0.3) is 0 Å². The number of hydrogen-bond acceptors (Lipinski definition) is 2. The average molecular weight is 141 g/mol. The molecule has 0 saturated heterocycles. The molecule has 0 aliphatic carbocycles. The lowest BCUT2D eigenvalue weighted by Gasteiger charge is -1.90. The largest absolute Gasteiger partial charge is 0.265 e. The van der Waals surface area contributed by atoms with E-state index in [4.69, 9.17) is 0 Å². The SMILES string of the molecule is C[S@@](=O)c1ccncc1. The highest BCUT2D eigenvalue weighted by molar-refractivity contribution is 7.84. The number of rotatable bonds is 1. The standard InChI is InChI=1S/C6H7NOS/c1-9(8)6-2-4-7-5-3-6/h2-5H,1H3/t9-/m1/s1. The Labute approximate surface area is 56.4 Å². The van der Waals surface area contributed by atoms with Gasteiger partial charge in [-0.2, -0.15) is 0 Å². The summed E-state index contributed by atoms with van der Waals surface area (Å²) in [6.45, 7) is 0. The van der Waals surface area contributed by atoms with Gasteiger partial charge >= 0.3 is 0 Å². The average Bonchev–Trinajstić information content (AvgIpc) is 1.90. The van der Waals surface area contributed by atoms with E-state index in [9.17, 15) is 4.21 Å². The molecule has 2 nitrogen and oxygen atoms in total. The molecule has 0 aromatic carbocycles. The minimum Gasteiger partial charge on any atom is -0.265 e. The van der Waals surface area contributed by atoms with Crippen LogP contribution in [0.2, 0.25) is 0 Å². The highest BCUT2D eigenvalue weighted by Crippen LogP contribution is 1.99. The Balaban J connectivity index is 2.98. The third kappa shape index (κ3) is 1.61. The molecule has 0 fully saturated rings. The van der Waals surface area contributed by atoms with Crippen molar-refractivity contribution in [2.75, 3.05) is 6.26 Å². The Morgan fingerprint density at radius 1 is 1.44 bits per heavy atom. The molecule has 3 heteroatoms. The first kappa shape index (κ1) is 6.42. The molecule has 1 aromatic rings. The molecule has 0 saturated carbocycles. The van der Waals surface area contributed by atoms with Crippen molar-refractivity contribution in [3.05, 3.63) is 24.5 Å². The maximum atomic E-state index is 10.7. The van der Waals surface area contributed by atoms with Crippen molar-refractivity contribution >= 4 is 10.8 Å². The molecule has 9 heavy (non-hydrogen) atoms. The molecule has 0 bridgehead atoms. The molecular formula is C6H7NOS. The van der Waals surface area contributed by atoms with Crippen molar-refractivity contribution in [1.29, 1.82) is 0 Å². The fraction of sp³-hybridized carbons (Fsp3) is 0.167. The molecule has 0 spiro atoms. The molecule has 1 atom stereocenters. The van der Waals surface area contributed by atoms with Gasteiger partial charge in [-0.05, 0) is 12.1 Å². The van der Waals surface area contributed by atoms with Crippen LogP contribution in [0.3, 0.4) is 0 Å². The molecule has 0 aliphatic heterocycles. The van der Waals surface area contributed by atoms with E-state index in [2.05, 4.69) is 4.98 Å². The summed E-state index contributed by atoms with van der Waals surface area (Å²) in [5, 5.41) is 0. The van der Waals surface area contributed by atoms with E-state index in [-0.39, 0.29) is 0 Å². The van der Waals surface area contributed by atoms with Crippen LogP contribution in [-0.4, -0.2) is 15.4 Å². The highest BCUT2D eigenvalue weighted by atomic mass is 32.2. The van der Waals surface area contributed by atoms with Gasteiger partial charge in [-0.1, -0.05) is 0 Å². The molecular weight excluding hydrogens is 134 g/mol. The van der Waals surface area contributed by atoms with Gasteiger partial charge in [0.25, 0.3) is 0 Å². The lowest BCUT2D eigenvalue weighted by Crippen LogP contribution is -1.85. The topological polar surface area (TPSA) is 30.0 Å². The van der Waals surface area contributed by atoms with Gasteiger partial charge in [0.15, 0.2) is 0 Å². The summed E-state index contributed by atoms with van der Waals surface area (Å²) in [5.41, 5.74) is 0. The smallest absolute Gasteiger partial charge is 0.0499 e. The maximum Gasteiger partial charge on any atom is 0.0499 e. The van der Waals surface area contributed by atoms with Gasteiger partial charge in [0.05, 0.1) is 0 Å². The second-order valence-electron chi connectivity index (χ2n) is 1.64. The van der Waals surface area contributed by atoms with E-state index in [1.807, 2.05) is 0 Å². The first-order valence-corrected chi connectivity index (χ1v) is 4.10. The van der Waals surface area contributed by atoms with Gasteiger partial charge in [-0.25, -0.2) is 0 Å². The zero-order valence-electron chi connectivity index (χ0n) is 5.07. The summed E-state index contributed by atoms with van der Waals surface area (Å²) in [6.07, 6.45) is 4.92. The Morgan fingerprint density at radius 3 is 2.33 bits per heavy atom. The van der Waals surface area contributed by atoms with Crippen LogP contribution in [0.4, 0.5) is 0 Å². The van der Waals surface area contributed by atoms with Crippen molar-refractivity contribution in [2.45, 2.75) is 4.90 Å². The van der Waals surface area contributed by atoms with Gasteiger partial charge in [0, 0.05) is 34.3 Å². The quantitative estimate of drug-likeness (QED) is 0.579. The molecule has 1 aromatic heterocycles. The van der Waals surface area contributed by atoms with Crippen LogP contribution in [0.5, 0.6) is 0 Å². The molecule has 0 N–H and O–H groups in total. The van der Waals surface area contributed by atoms with E-state index in [1.54, 1.807) is 30.8 Å². The zero-order chi connectivity index (χ0) is 6.69. The van der Waals surface area contributed by atoms with E-state index < -0.39 is 10.8 Å². The second kappa shape index (κ2) is 2.73. The predicted molar refractivity (Wildman–Crippen MR) is 36.6 cm³/mol. The number of aromatic nitrogens is 1. The van der Waals surface area contributed by atoms with Crippen molar-refractivity contribution in [3.8, 4) is 0 Å². The van der Waals surface area contributed by atoms with Crippen LogP contribution in [0.1, 0.15) is 0 Å². The van der Waals surface area contributed by atoms with Crippen LogP contribution in [0.15, 0.2) is 29.4 Å². The van der Waals surface area contributed by atoms with Crippen LogP contribution in [-0.2, 0) is 10.8 Å². The van der Waals surface area contributed by atoms with Crippen molar-refractivity contribution in [2.24, 2.45) is 0 Å². The highest BCUT2D eigenvalue weighted by Gasteiger charge is 1.91. The fourth-order valence-electron chi connectivity index (χ4n) is 0.530. The van der Waals surface area contributed by atoms with Gasteiger partial charge in [-0.3, -0.25) is 9.19 Å². The number of hydrogen-bond donors (Lipinski definition) is 0. The van der Waals surface area contributed by atoms with Crippen LogP contribution >= 0.6 is 0 Å². The summed E-state index contributed by atoms with van der Waals surface area (Å²) in [7, 11) is -0.869. The third-order valence-corrected chi connectivity index (χ3v) is 1.92. The Hall–Kier alpha value is -0.700. The van der Waals surface area contributed by atoms with E-state index in [0.717, 1.165) is 4.90 Å². The monoisotopic (exact) mass is 141 g/mol. The van der Waals surface area contributed by atoms with Gasteiger partial charge in [0.2, 0.25) is 0 Å².